The standard InChI is InChI=1S/C19H22N2O2S/c1-3-14(2)16-11-7-8-12-17(16)20-19(24)21-18(22)13-23-15-9-5-4-6-10-15/h4-12,14H,3,13H2,1-2H3,(H2,20,21,22,24)/t14-/m0/s1. The number of thiocarbonyl (C=S) groups is 1. The van der Waals surface area contributed by atoms with Gasteiger partial charge in [-0.25, -0.2) is 0 Å². The Morgan fingerprint density at radius 3 is 2.50 bits per heavy atom. The Labute approximate surface area is 148 Å². The molecule has 2 aromatic carbocycles. The number of anilines is 1. The molecule has 0 unspecified atom stereocenters. The molecule has 5 heteroatoms. The second kappa shape index (κ2) is 9.03. The third-order valence-corrected chi connectivity index (χ3v) is 3.92. The highest BCUT2D eigenvalue weighted by molar-refractivity contribution is 7.80. The normalized spacial score (nSPS) is 11.4. The minimum atomic E-state index is -0.294. The lowest BCUT2D eigenvalue weighted by Crippen LogP contribution is -2.37. The van der Waals surface area contributed by atoms with E-state index in [1.165, 1.54) is 5.56 Å². The molecule has 1 amide bonds. The Hall–Kier alpha value is -2.40. The number of ether oxygens (including phenoxy) is 1. The Bertz CT molecular complexity index is 689. The molecule has 0 aromatic heterocycles. The molecule has 24 heavy (non-hydrogen) atoms. The summed E-state index contributed by atoms with van der Waals surface area (Å²) in [5, 5.41) is 6.01. The van der Waals surface area contributed by atoms with Crippen molar-refractivity contribution in [2.24, 2.45) is 0 Å². The topological polar surface area (TPSA) is 50.4 Å². The molecule has 4 nitrogen and oxygen atoms in total. The van der Waals surface area contributed by atoms with Crippen LogP contribution >= 0.6 is 12.2 Å². The van der Waals surface area contributed by atoms with E-state index < -0.39 is 0 Å². The Balaban J connectivity index is 1.88. The third kappa shape index (κ3) is 5.35. The minimum absolute atomic E-state index is 0.0845. The summed E-state index contributed by atoms with van der Waals surface area (Å²) < 4.78 is 5.40. The minimum Gasteiger partial charge on any atom is -0.484 e. The van der Waals surface area contributed by atoms with E-state index in [0.717, 1.165) is 12.1 Å². The number of para-hydroxylation sites is 2. The van der Waals surface area contributed by atoms with Crippen LogP contribution in [0.3, 0.4) is 0 Å². The van der Waals surface area contributed by atoms with Crippen LogP contribution in [-0.4, -0.2) is 17.6 Å². The number of carbonyl (C=O) groups excluding carboxylic acids is 1. The van der Waals surface area contributed by atoms with Gasteiger partial charge in [-0.15, -0.1) is 0 Å². The highest BCUT2D eigenvalue weighted by Crippen LogP contribution is 2.26. The van der Waals surface area contributed by atoms with Gasteiger partial charge in [-0.2, -0.15) is 0 Å². The Morgan fingerprint density at radius 2 is 1.79 bits per heavy atom. The highest BCUT2D eigenvalue weighted by atomic mass is 32.1. The van der Waals surface area contributed by atoms with Gasteiger partial charge in [0.25, 0.3) is 5.91 Å². The Morgan fingerprint density at radius 1 is 1.12 bits per heavy atom. The predicted octanol–water partition coefficient (Wildman–Crippen LogP) is 4.09. The predicted molar refractivity (Wildman–Crippen MR) is 101 cm³/mol. The van der Waals surface area contributed by atoms with Crippen molar-refractivity contribution in [2.45, 2.75) is 26.2 Å². The second-order valence-electron chi connectivity index (χ2n) is 5.50. The van der Waals surface area contributed by atoms with Crippen LogP contribution in [0.25, 0.3) is 0 Å². The first-order chi connectivity index (χ1) is 11.6. The van der Waals surface area contributed by atoms with Gasteiger partial charge in [-0.1, -0.05) is 50.2 Å². The summed E-state index contributed by atoms with van der Waals surface area (Å²) in [6, 6.07) is 17.2. The number of hydrogen-bond acceptors (Lipinski definition) is 3. The summed E-state index contributed by atoms with van der Waals surface area (Å²) >= 11 is 5.23. The maximum absolute atomic E-state index is 11.9. The summed E-state index contributed by atoms with van der Waals surface area (Å²) in [5.74, 6) is 0.764. The first-order valence-corrected chi connectivity index (χ1v) is 8.38. The van der Waals surface area contributed by atoms with Crippen LogP contribution in [0.2, 0.25) is 0 Å². The molecule has 126 valence electrons. The van der Waals surface area contributed by atoms with Gasteiger partial charge in [0.1, 0.15) is 5.75 Å². The van der Waals surface area contributed by atoms with Crippen molar-refractivity contribution in [3.63, 3.8) is 0 Å². The van der Waals surface area contributed by atoms with Gasteiger partial charge in [0.2, 0.25) is 0 Å². The molecule has 2 N–H and O–H groups in total. The average Bonchev–Trinajstić information content (AvgIpc) is 2.60. The molecule has 0 aliphatic heterocycles. The number of nitrogens with one attached hydrogen (secondary N) is 2. The van der Waals surface area contributed by atoms with E-state index in [1.54, 1.807) is 12.1 Å². The molecule has 0 radical (unpaired) electrons. The van der Waals surface area contributed by atoms with Crippen molar-refractivity contribution in [3.05, 3.63) is 60.2 Å². The molecule has 0 saturated heterocycles. The van der Waals surface area contributed by atoms with Crippen molar-refractivity contribution in [3.8, 4) is 5.75 Å². The number of amides is 1. The highest BCUT2D eigenvalue weighted by Gasteiger charge is 2.11. The second-order valence-corrected chi connectivity index (χ2v) is 5.91. The van der Waals surface area contributed by atoms with Gasteiger partial charge in [-0.05, 0) is 48.3 Å². The summed E-state index contributed by atoms with van der Waals surface area (Å²) in [5.41, 5.74) is 2.10. The fraction of sp³-hybridized carbons (Fsp3) is 0.263. The molecule has 0 heterocycles. The smallest absolute Gasteiger partial charge is 0.264 e. The molecule has 0 bridgehead atoms. The molecule has 0 spiro atoms. The lowest BCUT2D eigenvalue weighted by Gasteiger charge is -2.17. The zero-order chi connectivity index (χ0) is 17.4. The van der Waals surface area contributed by atoms with Crippen LogP contribution in [-0.2, 0) is 4.79 Å². The quantitative estimate of drug-likeness (QED) is 0.776. The molecule has 1 atom stereocenters. The Kier molecular flexibility index (Phi) is 6.75. The number of carbonyl (C=O) groups is 1. The largest absolute Gasteiger partial charge is 0.484 e. The first kappa shape index (κ1) is 17.9. The number of benzene rings is 2. The van der Waals surface area contributed by atoms with E-state index in [4.69, 9.17) is 17.0 Å². The number of rotatable bonds is 6. The first-order valence-electron chi connectivity index (χ1n) is 7.97. The molecule has 0 saturated carbocycles. The van der Waals surface area contributed by atoms with Crippen LogP contribution in [0.5, 0.6) is 5.75 Å². The SMILES string of the molecule is CC[C@H](C)c1ccccc1NC(=S)NC(=O)COc1ccccc1. The zero-order valence-electron chi connectivity index (χ0n) is 13.9. The zero-order valence-corrected chi connectivity index (χ0v) is 14.7. The van der Waals surface area contributed by atoms with Crippen molar-refractivity contribution < 1.29 is 9.53 Å². The molecular weight excluding hydrogens is 320 g/mol. The van der Waals surface area contributed by atoms with Gasteiger partial charge < -0.3 is 10.1 Å². The molecule has 2 rings (SSSR count). The third-order valence-electron chi connectivity index (χ3n) is 3.72. The van der Waals surface area contributed by atoms with Gasteiger partial charge >= 0.3 is 0 Å². The molecule has 0 aliphatic rings. The fourth-order valence-electron chi connectivity index (χ4n) is 2.24. The van der Waals surface area contributed by atoms with E-state index >= 15 is 0 Å². The van der Waals surface area contributed by atoms with Gasteiger partial charge in [0.05, 0.1) is 0 Å². The molecule has 0 fully saturated rings. The molecule has 0 aliphatic carbocycles. The van der Waals surface area contributed by atoms with Crippen LogP contribution in [0.15, 0.2) is 54.6 Å². The fourth-order valence-corrected chi connectivity index (χ4v) is 2.47. The van der Waals surface area contributed by atoms with Crippen molar-refractivity contribution in [1.82, 2.24) is 5.32 Å². The number of hydrogen-bond donors (Lipinski definition) is 2. The van der Waals surface area contributed by atoms with Crippen LogP contribution in [0.4, 0.5) is 5.69 Å². The summed E-state index contributed by atoms with van der Waals surface area (Å²) in [7, 11) is 0. The summed E-state index contributed by atoms with van der Waals surface area (Å²) in [4.78, 5) is 11.9. The summed E-state index contributed by atoms with van der Waals surface area (Å²) in [6.45, 7) is 4.22. The van der Waals surface area contributed by atoms with E-state index in [9.17, 15) is 4.79 Å². The lowest BCUT2D eigenvalue weighted by molar-refractivity contribution is -0.121. The average molecular weight is 342 g/mol. The van der Waals surface area contributed by atoms with E-state index in [-0.39, 0.29) is 17.6 Å². The van der Waals surface area contributed by atoms with Crippen molar-refractivity contribution in [1.29, 1.82) is 0 Å². The van der Waals surface area contributed by atoms with Crippen LogP contribution in [0, 0.1) is 0 Å². The van der Waals surface area contributed by atoms with Crippen molar-refractivity contribution >= 4 is 28.9 Å². The van der Waals surface area contributed by atoms with Crippen LogP contribution in [0.1, 0.15) is 31.7 Å². The van der Waals surface area contributed by atoms with E-state index in [0.29, 0.717) is 11.7 Å². The lowest BCUT2D eigenvalue weighted by atomic mass is 9.97. The van der Waals surface area contributed by atoms with E-state index in [2.05, 4.69) is 30.5 Å². The molecular formula is C19H22N2O2S. The van der Waals surface area contributed by atoms with Gasteiger partial charge in [0, 0.05) is 5.69 Å². The maximum atomic E-state index is 11.9. The monoisotopic (exact) mass is 342 g/mol. The van der Waals surface area contributed by atoms with Crippen molar-refractivity contribution in [2.75, 3.05) is 11.9 Å². The van der Waals surface area contributed by atoms with E-state index in [1.807, 2.05) is 36.4 Å². The van der Waals surface area contributed by atoms with Gasteiger partial charge in [0.15, 0.2) is 11.7 Å². The van der Waals surface area contributed by atoms with Crippen LogP contribution < -0.4 is 15.4 Å². The maximum Gasteiger partial charge on any atom is 0.264 e. The molecule has 2 aromatic rings. The summed E-state index contributed by atoms with van der Waals surface area (Å²) in [6.07, 6.45) is 1.03. The van der Waals surface area contributed by atoms with Gasteiger partial charge in [-0.3, -0.25) is 10.1 Å².